The van der Waals surface area contributed by atoms with Crippen LogP contribution in [0.5, 0.6) is 5.88 Å². The maximum atomic E-state index is 11.0. The van der Waals surface area contributed by atoms with Crippen LogP contribution < -0.4 is 9.88 Å². The van der Waals surface area contributed by atoms with Crippen molar-refractivity contribution in [2.24, 2.45) is 5.14 Å². The van der Waals surface area contributed by atoms with Gasteiger partial charge in [0, 0.05) is 13.2 Å². The van der Waals surface area contributed by atoms with Gasteiger partial charge in [0.2, 0.25) is 15.9 Å². The molecular weight excluding hydrogens is 300 g/mol. The van der Waals surface area contributed by atoms with Crippen LogP contribution in [0.15, 0.2) is 23.2 Å². The lowest BCUT2D eigenvalue weighted by Gasteiger charge is -2.07. The van der Waals surface area contributed by atoms with Gasteiger partial charge in [-0.3, -0.25) is 0 Å². The minimum atomic E-state index is -3.73. The quantitative estimate of drug-likeness (QED) is 0.562. The van der Waals surface area contributed by atoms with E-state index in [-0.39, 0.29) is 4.90 Å². The molecule has 1 aromatic rings. The summed E-state index contributed by atoms with van der Waals surface area (Å²) in [5.74, 6) is 0.308. The van der Waals surface area contributed by atoms with E-state index >= 15 is 0 Å². The zero-order valence-electron chi connectivity index (χ0n) is 11.9. The SMILES string of the molecule is COCCOCCOCCOc1ccc(S(N)(=O)=O)cn1. The average Bonchev–Trinajstić information content (AvgIpc) is 2.45. The normalized spacial score (nSPS) is 11.5. The van der Waals surface area contributed by atoms with Gasteiger partial charge in [-0.1, -0.05) is 0 Å². The van der Waals surface area contributed by atoms with Crippen molar-refractivity contribution in [2.75, 3.05) is 46.8 Å². The Labute approximate surface area is 124 Å². The number of pyridine rings is 1. The van der Waals surface area contributed by atoms with Crippen LogP contribution in [-0.2, 0) is 24.2 Å². The van der Waals surface area contributed by atoms with Crippen LogP contribution in [0.2, 0.25) is 0 Å². The van der Waals surface area contributed by atoms with Gasteiger partial charge in [-0.25, -0.2) is 18.5 Å². The second-order valence-corrected chi connectivity index (χ2v) is 5.50. The third-order valence-corrected chi connectivity index (χ3v) is 3.22. The molecule has 0 aliphatic carbocycles. The van der Waals surface area contributed by atoms with Gasteiger partial charge in [0.1, 0.15) is 11.5 Å². The second-order valence-electron chi connectivity index (χ2n) is 3.94. The summed E-state index contributed by atoms with van der Waals surface area (Å²) in [6.07, 6.45) is 1.15. The lowest BCUT2D eigenvalue weighted by Crippen LogP contribution is -2.14. The van der Waals surface area contributed by atoms with E-state index in [1.54, 1.807) is 7.11 Å². The molecule has 1 rings (SSSR count). The van der Waals surface area contributed by atoms with Gasteiger partial charge < -0.3 is 18.9 Å². The predicted octanol–water partition coefficient (Wildman–Crippen LogP) is -0.213. The van der Waals surface area contributed by atoms with Gasteiger partial charge in [-0.2, -0.15) is 0 Å². The summed E-state index contributed by atoms with van der Waals surface area (Å²) in [5.41, 5.74) is 0. The number of ether oxygens (including phenoxy) is 4. The lowest BCUT2D eigenvalue weighted by atomic mass is 10.5. The Morgan fingerprint density at radius 2 is 1.67 bits per heavy atom. The minimum absolute atomic E-state index is 0.0562. The smallest absolute Gasteiger partial charge is 0.239 e. The molecule has 0 bridgehead atoms. The van der Waals surface area contributed by atoms with Crippen molar-refractivity contribution in [3.8, 4) is 5.88 Å². The van der Waals surface area contributed by atoms with Crippen LogP contribution in [0, 0.1) is 0 Å². The monoisotopic (exact) mass is 320 g/mol. The highest BCUT2D eigenvalue weighted by atomic mass is 32.2. The van der Waals surface area contributed by atoms with Gasteiger partial charge in [0.25, 0.3) is 0 Å². The van der Waals surface area contributed by atoms with Crippen molar-refractivity contribution in [1.29, 1.82) is 0 Å². The molecule has 0 aromatic carbocycles. The van der Waals surface area contributed by atoms with Gasteiger partial charge in [0.15, 0.2) is 0 Å². The molecule has 0 unspecified atom stereocenters. The number of methoxy groups -OCH3 is 1. The molecule has 0 saturated heterocycles. The van der Waals surface area contributed by atoms with Crippen molar-refractivity contribution < 1.29 is 27.4 Å². The van der Waals surface area contributed by atoms with Crippen LogP contribution in [-0.4, -0.2) is 60.2 Å². The topological polar surface area (TPSA) is 110 Å². The summed E-state index contributed by atoms with van der Waals surface area (Å²) in [6, 6.07) is 2.77. The van der Waals surface area contributed by atoms with E-state index in [4.69, 9.17) is 24.1 Å². The molecule has 1 heterocycles. The summed E-state index contributed by atoms with van der Waals surface area (Å²) < 4.78 is 42.7. The molecule has 0 atom stereocenters. The number of hydrogen-bond acceptors (Lipinski definition) is 7. The Balaban J connectivity index is 2.10. The molecule has 8 nitrogen and oxygen atoms in total. The zero-order chi connectivity index (χ0) is 15.6. The first-order chi connectivity index (χ1) is 10.0. The predicted molar refractivity (Wildman–Crippen MR) is 74.6 cm³/mol. The van der Waals surface area contributed by atoms with Gasteiger partial charge >= 0.3 is 0 Å². The van der Waals surface area contributed by atoms with E-state index in [0.29, 0.717) is 45.5 Å². The highest BCUT2D eigenvalue weighted by Gasteiger charge is 2.07. The lowest BCUT2D eigenvalue weighted by molar-refractivity contribution is 0.0176. The fourth-order valence-corrected chi connectivity index (χ4v) is 1.75. The van der Waals surface area contributed by atoms with Crippen molar-refractivity contribution in [3.63, 3.8) is 0 Å². The molecule has 0 aliphatic rings. The molecular formula is C12H20N2O6S. The van der Waals surface area contributed by atoms with Gasteiger partial charge in [0.05, 0.1) is 39.2 Å². The molecule has 0 aliphatic heterocycles. The fraction of sp³-hybridized carbons (Fsp3) is 0.583. The number of sulfonamides is 1. The van der Waals surface area contributed by atoms with Crippen molar-refractivity contribution in [3.05, 3.63) is 18.3 Å². The second kappa shape index (κ2) is 9.64. The third kappa shape index (κ3) is 7.93. The van der Waals surface area contributed by atoms with Crippen molar-refractivity contribution in [1.82, 2.24) is 4.98 Å². The molecule has 0 spiro atoms. The number of primary sulfonamides is 1. The molecule has 0 amide bonds. The summed E-state index contributed by atoms with van der Waals surface area (Å²) in [5, 5.41) is 4.96. The Morgan fingerprint density at radius 3 is 2.19 bits per heavy atom. The maximum Gasteiger partial charge on any atom is 0.239 e. The van der Waals surface area contributed by atoms with Crippen LogP contribution >= 0.6 is 0 Å². The first-order valence-electron chi connectivity index (χ1n) is 6.30. The molecule has 21 heavy (non-hydrogen) atoms. The average molecular weight is 320 g/mol. The van der Waals surface area contributed by atoms with Crippen LogP contribution in [0.3, 0.4) is 0 Å². The minimum Gasteiger partial charge on any atom is -0.475 e. The Bertz CT molecular complexity index is 491. The van der Waals surface area contributed by atoms with E-state index in [1.165, 1.54) is 12.1 Å². The van der Waals surface area contributed by atoms with Gasteiger partial charge in [-0.05, 0) is 6.07 Å². The van der Waals surface area contributed by atoms with E-state index in [9.17, 15) is 8.42 Å². The highest BCUT2D eigenvalue weighted by molar-refractivity contribution is 7.89. The summed E-state index contributed by atoms with van der Waals surface area (Å²) in [7, 11) is -2.12. The molecule has 0 fully saturated rings. The Kier molecular flexibility index (Phi) is 8.16. The van der Waals surface area contributed by atoms with Crippen molar-refractivity contribution in [2.45, 2.75) is 4.90 Å². The van der Waals surface area contributed by atoms with Crippen LogP contribution in [0.25, 0.3) is 0 Å². The summed E-state index contributed by atoms with van der Waals surface area (Å²) in [4.78, 5) is 3.78. The first kappa shape index (κ1) is 17.8. The Hall–Kier alpha value is -1.26. The van der Waals surface area contributed by atoms with E-state index < -0.39 is 10.0 Å². The zero-order valence-corrected chi connectivity index (χ0v) is 12.7. The molecule has 2 N–H and O–H groups in total. The van der Waals surface area contributed by atoms with Gasteiger partial charge in [-0.15, -0.1) is 0 Å². The van der Waals surface area contributed by atoms with E-state index in [0.717, 1.165) is 6.20 Å². The standard InChI is InChI=1S/C12H20N2O6S/c1-17-4-5-18-6-7-19-8-9-20-12-3-2-11(10-14-12)21(13,15)16/h2-3,10H,4-9H2,1H3,(H2,13,15,16). The molecule has 1 aromatic heterocycles. The number of hydrogen-bond donors (Lipinski definition) is 1. The number of nitrogens with two attached hydrogens (primary N) is 1. The molecule has 9 heteroatoms. The third-order valence-electron chi connectivity index (χ3n) is 2.32. The number of aromatic nitrogens is 1. The summed E-state index contributed by atoms with van der Waals surface area (Å²) in [6.45, 7) is 2.74. The number of nitrogens with zero attached hydrogens (tertiary/aromatic N) is 1. The number of rotatable bonds is 11. The highest BCUT2D eigenvalue weighted by Crippen LogP contribution is 2.10. The molecule has 0 saturated carbocycles. The largest absolute Gasteiger partial charge is 0.475 e. The maximum absolute atomic E-state index is 11.0. The van der Waals surface area contributed by atoms with Crippen LogP contribution in [0.4, 0.5) is 0 Å². The van der Waals surface area contributed by atoms with Crippen LogP contribution in [0.1, 0.15) is 0 Å². The van der Waals surface area contributed by atoms with Crippen molar-refractivity contribution >= 4 is 10.0 Å². The fourth-order valence-electron chi connectivity index (χ4n) is 1.29. The first-order valence-corrected chi connectivity index (χ1v) is 7.85. The van der Waals surface area contributed by atoms with E-state index in [1.807, 2.05) is 0 Å². The van der Waals surface area contributed by atoms with E-state index in [2.05, 4.69) is 4.98 Å². The molecule has 0 radical (unpaired) electrons. The Morgan fingerprint density at radius 1 is 1.05 bits per heavy atom. The summed E-state index contributed by atoms with van der Waals surface area (Å²) >= 11 is 0. The molecule has 120 valence electrons.